The summed E-state index contributed by atoms with van der Waals surface area (Å²) in [5, 5.41) is 23.4. The molecule has 25 heavy (non-hydrogen) atoms. The number of nitrogens with one attached hydrogen (secondary N) is 1. The standard InChI is InChI=1S/C18H25N3O4/c1-13-4-8-20(9-5-13)16-3-2-14(21(24)25)10-15(16)17(23)19-11-18(12-22)6-7-18/h2-3,10,13,22H,4-9,11-12H2,1H3,(H,19,23). The van der Waals surface area contributed by atoms with E-state index in [1.807, 2.05) is 0 Å². The second kappa shape index (κ2) is 7.00. The van der Waals surface area contributed by atoms with Crippen LogP contribution in [0.1, 0.15) is 43.0 Å². The van der Waals surface area contributed by atoms with E-state index < -0.39 is 4.92 Å². The van der Waals surface area contributed by atoms with Gasteiger partial charge in [-0.2, -0.15) is 0 Å². The van der Waals surface area contributed by atoms with E-state index in [2.05, 4.69) is 17.1 Å². The second-order valence-electron chi connectivity index (χ2n) is 7.47. The third-order valence-corrected chi connectivity index (χ3v) is 5.48. The minimum absolute atomic E-state index is 0.0547. The lowest BCUT2D eigenvalue weighted by atomic mass is 9.97. The molecule has 7 heteroatoms. The Morgan fingerprint density at radius 1 is 1.40 bits per heavy atom. The van der Waals surface area contributed by atoms with Crippen molar-refractivity contribution in [3.8, 4) is 0 Å². The van der Waals surface area contributed by atoms with E-state index in [4.69, 9.17) is 0 Å². The molecule has 1 aromatic rings. The molecule has 0 unspecified atom stereocenters. The first-order valence-corrected chi connectivity index (χ1v) is 8.86. The van der Waals surface area contributed by atoms with Crippen LogP contribution in [0, 0.1) is 21.4 Å². The number of benzene rings is 1. The summed E-state index contributed by atoms with van der Waals surface area (Å²) in [7, 11) is 0. The lowest BCUT2D eigenvalue weighted by Gasteiger charge is -2.33. The molecule has 1 aliphatic heterocycles. The van der Waals surface area contributed by atoms with Crippen LogP contribution in [0.3, 0.4) is 0 Å². The zero-order chi connectivity index (χ0) is 18.0. The van der Waals surface area contributed by atoms with Crippen LogP contribution in [0.5, 0.6) is 0 Å². The minimum atomic E-state index is -0.477. The number of nitrogens with zero attached hydrogens (tertiary/aromatic N) is 2. The molecule has 0 bridgehead atoms. The van der Waals surface area contributed by atoms with Gasteiger partial charge in [0.25, 0.3) is 11.6 Å². The van der Waals surface area contributed by atoms with E-state index in [1.54, 1.807) is 6.07 Å². The number of aliphatic hydroxyl groups is 1. The molecule has 2 aliphatic rings. The smallest absolute Gasteiger partial charge is 0.270 e. The molecule has 2 N–H and O–H groups in total. The number of amides is 1. The largest absolute Gasteiger partial charge is 0.396 e. The number of rotatable bonds is 6. The van der Waals surface area contributed by atoms with Crippen LogP contribution in [-0.2, 0) is 0 Å². The number of aliphatic hydroxyl groups excluding tert-OH is 1. The molecular weight excluding hydrogens is 322 g/mol. The maximum absolute atomic E-state index is 12.7. The number of nitro groups is 1. The molecular formula is C18H25N3O4. The van der Waals surface area contributed by atoms with Gasteiger partial charge in [0, 0.05) is 37.2 Å². The number of non-ortho nitro benzene ring substituents is 1. The van der Waals surface area contributed by atoms with Gasteiger partial charge in [0.2, 0.25) is 0 Å². The SMILES string of the molecule is CC1CCN(c2ccc([N+](=O)[O-])cc2C(=O)NCC2(CO)CC2)CC1. The number of carbonyl (C=O) groups is 1. The highest BCUT2D eigenvalue weighted by atomic mass is 16.6. The second-order valence-corrected chi connectivity index (χ2v) is 7.47. The van der Waals surface area contributed by atoms with Crippen molar-refractivity contribution in [3.05, 3.63) is 33.9 Å². The third kappa shape index (κ3) is 3.92. The van der Waals surface area contributed by atoms with Crippen molar-refractivity contribution in [1.29, 1.82) is 0 Å². The monoisotopic (exact) mass is 347 g/mol. The van der Waals surface area contributed by atoms with Crippen molar-refractivity contribution >= 4 is 17.3 Å². The summed E-state index contributed by atoms with van der Waals surface area (Å²) in [6.45, 7) is 4.37. The number of piperidine rings is 1. The summed E-state index contributed by atoms with van der Waals surface area (Å²) in [6, 6.07) is 4.50. The molecule has 1 saturated heterocycles. The van der Waals surface area contributed by atoms with Gasteiger partial charge in [0.05, 0.1) is 22.8 Å². The number of hydrogen-bond donors (Lipinski definition) is 2. The summed E-state index contributed by atoms with van der Waals surface area (Å²) in [4.78, 5) is 25.5. The first kappa shape index (κ1) is 17.7. The number of hydrogen-bond acceptors (Lipinski definition) is 5. The Kier molecular flexibility index (Phi) is 4.94. The predicted octanol–water partition coefficient (Wildman–Crippen LogP) is 2.33. The Morgan fingerprint density at radius 2 is 2.08 bits per heavy atom. The molecule has 0 aromatic heterocycles. The van der Waals surface area contributed by atoms with E-state index >= 15 is 0 Å². The van der Waals surface area contributed by atoms with Gasteiger partial charge in [-0.25, -0.2) is 0 Å². The molecule has 1 amide bonds. The zero-order valence-corrected chi connectivity index (χ0v) is 14.5. The van der Waals surface area contributed by atoms with Crippen LogP contribution in [0.4, 0.5) is 11.4 Å². The summed E-state index contributed by atoms with van der Waals surface area (Å²) in [5.41, 5.74) is 0.820. The molecule has 7 nitrogen and oxygen atoms in total. The molecule has 136 valence electrons. The van der Waals surface area contributed by atoms with Gasteiger partial charge < -0.3 is 15.3 Å². The van der Waals surface area contributed by atoms with Crippen molar-refractivity contribution in [1.82, 2.24) is 5.32 Å². The Hall–Kier alpha value is -2.15. The predicted molar refractivity (Wildman–Crippen MR) is 94.8 cm³/mol. The highest BCUT2D eigenvalue weighted by Gasteiger charge is 2.42. The zero-order valence-electron chi connectivity index (χ0n) is 14.5. The highest BCUT2D eigenvalue weighted by Crippen LogP contribution is 2.44. The molecule has 1 aliphatic carbocycles. The average molecular weight is 347 g/mol. The van der Waals surface area contributed by atoms with Gasteiger partial charge >= 0.3 is 0 Å². The quantitative estimate of drug-likeness (QED) is 0.608. The Labute approximate surface area is 147 Å². The molecule has 0 spiro atoms. The van der Waals surface area contributed by atoms with Crippen LogP contribution in [0.2, 0.25) is 0 Å². The van der Waals surface area contributed by atoms with Crippen molar-refractivity contribution in [2.45, 2.75) is 32.6 Å². The maximum atomic E-state index is 12.7. The van der Waals surface area contributed by atoms with Crippen LogP contribution >= 0.6 is 0 Å². The van der Waals surface area contributed by atoms with E-state index in [9.17, 15) is 20.0 Å². The van der Waals surface area contributed by atoms with Crippen LogP contribution < -0.4 is 10.2 Å². The first-order chi connectivity index (χ1) is 11.9. The van der Waals surface area contributed by atoms with E-state index in [1.165, 1.54) is 12.1 Å². The van der Waals surface area contributed by atoms with E-state index in [-0.39, 0.29) is 23.6 Å². The summed E-state index contributed by atoms with van der Waals surface area (Å²) >= 11 is 0. The lowest BCUT2D eigenvalue weighted by molar-refractivity contribution is -0.384. The molecule has 0 radical (unpaired) electrons. The fourth-order valence-corrected chi connectivity index (χ4v) is 3.28. The summed E-state index contributed by atoms with van der Waals surface area (Å²) in [5.74, 6) is 0.350. The van der Waals surface area contributed by atoms with Crippen molar-refractivity contribution < 1.29 is 14.8 Å². The highest BCUT2D eigenvalue weighted by molar-refractivity contribution is 6.00. The maximum Gasteiger partial charge on any atom is 0.270 e. The Morgan fingerprint density at radius 3 is 2.64 bits per heavy atom. The Balaban J connectivity index is 1.82. The molecule has 1 heterocycles. The molecule has 3 rings (SSSR count). The van der Waals surface area contributed by atoms with E-state index in [0.717, 1.165) is 44.5 Å². The Bertz CT molecular complexity index is 664. The fourth-order valence-electron chi connectivity index (χ4n) is 3.28. The van der Waals surface area contributed by atoms with Crippen molar-refractivity contribution in [2.75, 3.05) is 31.1 Å². The molecule has 2 fully saturated rings. The number of carbonyl (C=O) groups excluding carboxylic acids is 1. The average Bonchev–Trinajstić information content (AvgIpc) is 3.40. The van der Waals surface area contributed by atoms with Gasteiger partial charge in [-0.15, -0.1) is 0 Å². The van der Waals surface area contributed by atoms with Crippen molar-refractivity contribution in [2.24, 2.45) is 11.3 Å². The topological polar surface area (TPSA) is 95.7 Å². The number of anilines is 1. The summed E-state index contributed by atoms with van der Waals surface area (Å²) < 4.78 is 0. The van der Waals surface area contributed by atoms with Gasteiger partial charge in [-0.1, -0.05) is 6.92 Å². The van der Waals surface area contributed by atoms with Crippen LogP contribution in [0.25, 0.3) is 0 Å². The van der Waals surface area contributed by atoms with E-state index in [0.29, 0.717) is 18.0 Å². The third-order valence-electron chi connectivity index (χ3n) is 5.48. The van der Waals surface area contributed by atoms with Crippen molar-refractivity contribution in [3.63, 3.8) is 0 Å². The summed E-state index contributed by atoms with van der Waals surface area (Å²) in [6.07, 6.45) is 3.89. The van der Waals surface area contributed by atoms with Gasteiger partial charge in [-0.3, -0.25) is 14.9 Å². The first-order valence-electron chi connectivity index (χ1n) is 8.86. The minimum Gasteiger partial charge on any atom is -0.396 e. The van der Waals surface area contributed by atoms with Gasteiger partial charge in [0.1, 0.15) is 0 Å². The van der Waals surface area contributed by atoms with Gasteiger partial charge in [0.15, 0.2) is 0 Å². The molecule has 1 saturated carbocycles. The molecule has 0 atom stereocenters. The fraction of sp³-hybridized carbons (Fsp3) is 0.611. The van der Waals surface area contributed by atoms with Crippen LogP contribution in [0.15, 0.2) is 18.2 Å². The lowest BCUT2D eigenvalue weighted by Crippen LogP contribution is -2.36. The van der Waals surface area contributed by atoms with Crippen LogP contribution in [-0.4, -0.2) is 42.2 Å². The number of nitro benzene ring substituents is 1. The van der Waals surface area contributed by atoms with Gasteiger partial charge in [-0.05, 0) is 37.7 Å². The molecule has 1 aromatic carbocycles. The normalized spacial score (nSPS) is 19.5.